The minimum absolute atomic E-state index is 0.00763. The van der Waals surface area contributed by atoms with Crippen LogP contribution in [0.3, 0.4) is 0 Å². The summed E-state index contributed by atoms with van der Waals surface area (Å²) < 4.78 is 15.9. The molecule has 0 N–H and O–H groups in total. The van der Waals surface area contributed by atoms with Crippen LogP contribution in [0.4, 0.5) is 0 Å². The Balaban J connectivity index is 1.86. The average molecular weight is 353 g/mol. The number of amides is 1. The lowest BCUT2D eigenvalue weighted by molar-refractivity contribution is 0.0754. The van der Waals surface area contributed by atoms with E-state index in [1.54, 1.807) is 32.4 Å². The first kappa shape index (κ1) is 17.5. The highest BCUT2D eigenvalue weighted by molar-refractivity contribution is 5.93. The Hall–Kier alpha value is -3.28. The summed E-state index contributed by atoms with van der Waals surface area (Å²) in [5.74, 6) is 0.920. The minimum atomic E-state index is -0.373. The zero-order valence-corrected chi connectivity index (χ0v) is 14.8. The van der Waals surface area contributed by atoms with Crippen LogP contribution >= 0.6 is 0 Å². The maximum atomic E-state index is 12.7. The van der Waals surface area contributed by atoms with Gasteiger partial charge in [-0.1, -0.05) is 12.1 Å². The summed E-state index contributed by atoms with van der Waals surface area (Å²) in [5.41, 5.74) is 0.986. The molecule has 0 unspecified atom stereocenters. The predicted octanol–water partition coefficient (Wildman–Crippen LogP) is 3.08. The molecule has 0 aliphatic carbocycles. The van der Waals surface area contributed by atoms with Crippen LogP contribution in [-0.4, -0.2) is 32.1 Å². The van der Waals surface area contributed by atoms with Crippen LogP contribution < -0.4 is 14.9 Å². The average Bonchev–Trinajstić information content (AvgIpc) is 2.67. The molecule has 1 aromatic heterocycles. The van der Waals surface area contributed by atoms with Crippen LogP contribution in [0.5, 0.6) is 11.5 Å². The number of carbonyl (C=O) groups is 1. The van der Waals surface area contributed by atoms with E-state index in [0.717, 1.165) is 11.3 Å². The molecule has 0 spiro atoms. The third-order valence-electron chi connectivity index (χ3n) is 4.07. The van der Waals surface area contributed by atoms with Gasteiger partial charge < -0.3 is 18.8 Å². The molecule has 0 aliphatic heterocycles. The Morgan fingerprint density at radius 3 is 2.31 bits per heavy atom. The van der Waals surface area contributed by atoms with Crippen LogP contribution in [-0.2, 0) is 6.54 Å². The second kappa shape index (κ2) is 7.31. The lowest BCUT2D eigenvalue weighted by atomic mass is 10.2. The van der Waals surface area contributed by atoms with Gasteiger partial charge in [-0.15, -0.1) is 0 Å². The van der Waals surface area contributed by atoms with E-state index in [1.165, 1.54) is 18.1 Å². The number of carbonyl (C=O) groups excluding carboxylic acids is 1. The molecule has 0 radical (unpaired) electrons. The van der Waals surface area contributed by atoms with Gasteiger partial charge in [0, 0.05) is 25.7 Å². The van der Waals surface area contributed by atoms with Gasteiger partial charge in [0.1, 0.15) is 17.1 Å². The fraction of sp³-hybridized carbons (Fsp3) is 0.200. The van der Waals surface area contributed by atoms with Crippen molar-refractivity contribution < 1.29 is 18.7 Å². The summed E-state index contributed by atoms with van der Waals surface area (Å²) >= 11 is 0. The van der Waals surface area contributed by atoms with E-state index in [0.29, 0.717) is 23.3 Å². The maximum Gasteiger partial charge on any atom is 0.289 e. The zero-order valence-electron chi connectivity index (χ0n) is 14.8. The Bertz CT molecular complexity index is 991. The maximum absolute atomic E-state index is 12.7. The quantitative estimate of drug-likeness (QED) is 0.705. The zero-order chi connectivity index (χ0) is 18.7. The molecule has 0 bridgehead atoms. The standard InChI is InChI=1S/C20H19NO5/c1-21(12-13-4-6-14(24-2)7-5-13)20(23)19-11-17(22)16-9-8-15(25-3)10-18(16)26-19/h4-11H,12H2,1-3H3. The molecule has 1 heterocycles. The van der Waals surface area contributed by atoms with Gasteiger partial charge in [-0.05, 0) is 29.8 Å². The highest BCUT2D eigenvalue weighted by Crippen LogP contribution is 2.20. The van der Waals surface area contributed by atoms with Gasteiger partial charge in [-0.3, -0.25) is 9.59 Å². The number of hydrogen-bond acceptors (Lipinski definition) is 5. The second-order valence-electron chi connectivity index (χ2n) is 5.85. The van der Waals surface area contributed by atoms with Crippen LogP contribution in [0.25, 0.3) is 11.0 Å². The molecule has 1 amide bonds. The smallest absolute Gasteiger partial charge is 0.289 e. The number of rotatable bonds is 5. The van der Waals surface area contributed by atoms with E-state index in [4.69, 9.17) is 13.9 Å². The summed E-state index contributed by atoms with van der Waals surface area (Å²) in [5, 5.41) is 0.403. The fourth-order valence-electron chi connectivity index (χ4n) is 2.63. The molecular formula is C20H19NO5. The molecule has 0 saturated heterocycles. The molecule has 3 rings (SSSR count). The lowest BCUT2D eigenvalue weighted by Gasteiger charge is -2.17. The molecule has 6 nitrogen and oxygen atoms in total. The van der Waals surface area contributed by atoms with E-state index in [1.807, 2.05) is 24.3 Å². The van der Waals surface area contributed by atoms with Gasteiger partial charge in [0.2, 0.25) is 0 Å². The first-order valence-electron chi connectivity index (χ1n) is 8.02. The third-order valence-corrected chi connectivity index (χ3v) is 4.07. The predicted molar refractivity (Wildman–Crippen MR) is 97.8 cm³/mol. The SMILES string of the molecule is COc1ccc(CN(C)C(=O)c2cc(=O)c3ccc(OC)cc3o2)cc1. The molecule has 0 aliphatic rings. The highest BCUT2D eigenvalue weighted by atomic mass is 16.5. The molecule has 2 aromatic carbocycles. The third kappa shape index (κ3) is 3.54. The van der Waals surface area contributed by atoms with E-state index in [2.05, 4.69) is 0 Å². The normalized spacial score (nSPS) is 10.6. The van der Waals surface area contributed by atoms with Crippen molar-refractivity contribution in [2.75, 3.05) is 21.3 Å². The number of nitrogens with zero attached hydrogens (tertiary/aromatic N) is 1. The molecule has 26 heavy (non-hydrogen) atoms. The summed E-state index contributed by atoms with van der Waals surface area (Å²) in [7, 11) is 4.78. The summed E-state index contributed by atoms with van der Waals surface area (Å²) in [4.78, 5) is 26.4. The van der Waals surface area contributed by atoms with Gasteiger partial charge in [0.05, 0.1) is 19.6 Å². The van der Waals surface area contributed by atoms with E-state index >= 15 is 0 Å². The molecule has 0 fully saturated rings. The first-order chi connectivity index (χ1) is 12.5. The van der Waals surface area contributed by atoms with E-state index in [9.17, 15) is 9.59 Å². The van der Waals surface area contributed by atoms with Gasteiger partial charge >= 0.3 is 0 Å². The van der Waals surface area contributed by atoms with Crippen LogP contribution in [0.15, 0.2) is 57.7 Å². The van der Waals surface area contributed by atoms with E-state index in [-0.39, 0.29) is 17.1 Å². The summed E-state index contributed by atoms with van der Waals surface area (Å²) in [6, 6.07) is 13.5. The molecule has 0 atom stereocenters. The van der Waals surface area contributed by atoms with Crippen molar-refractivity contribution in [3.05, 3.63) is 70.1 Å². The Labute approximate surface area is 150 Å². The van der Waals surface area contributed by atoms with Crippen LogP contribution in [0.1, 0.15) is 16.1 Å². The monoisotopic (exact) mass is 353 g/mol. The Morgan fingerprint density at radius 2 is 1.65 bits per heavy atom. The molecular weight excluding hydrogens is 334 g/mol. The van der Waals surface area contributed by atoms with Gasteiger partial charge in [-0.25, -0.2) is 0 Å². The number of fused-ring (bicyclic) bond motifs is 1. The fourth-order valence-corrected chi connectivity index (χ4v) is 2.63. The second-order valence-corrected chi connectivity index (χ2v) is 5.85. The van der Waals surface area contributed by atoms with Gasteiger partial charge in [-0.2, -0.15) is 0 Å². The van der Waals surface area contributed by atoms with Gasteiger partial charge in [0.15, 0.2) is 11.2 Å². The number of methoxy groups -OCH3 is 2. The molecule has 3 aromatic rings. The van der Waals surface area contributed by atoms with Crippen molar-refractivity contribution in [1.82, 2.24) is 4.90 Å². The van der Waals surface area contributed by atoms with Crippen molar-refractivity contribution in [2.45, 2.75) is 6.54 Å². The minimum Gasteiger partial charge on any atom is -0.497 e. The summed E-state index contributed by atoms with van der Waals surface area (Å²) in [6.07, 6.45) is 0. The Kier molecular flexibility index (Phi) is 4.93. The van der Waals surface area contributed by atoms with E-state index < -0.39 is 0 Å². The van der Waals surface area contributed by atoms with Crippen molar-refractivity contribution in [3.8, 4) is 11.5 Å². The van der Waals surface area contributed by atoms with Crippen molar-refractivity contribution in [3.63, 3.8) is 0 Å². The topological polar surface area (TPSA) is 69.0 Å². The number of benzene rings is 2. The largest absolute Gasteiger partial charge is 0.497 e. The lowest BCUT2D eigenvalue weighted by Crippen LogP contribution is -2.27. The van der Waals surface area contributed by atoms with Crippen LogP contribution in [0, 0.1) is 0 Å². The van der Waals surface area contributed by atoms with Crippen molar-refractivity contribution in [1.29, 1.82) is 0 Å². The molecule has 134 valence electrons. The van der Waals surface area contributed by atoms with Crippen molar-refractivity contribution >= 4 is 16.9 Å². The Morgan fingerprint density at radius 1 is 1.00 bits per heavy atom. The number of ether oxygens (including phenoxy) is 2. The van der Waals surface area contributed by atoms with Crippen LogP contribution in [0.2, 0.25) is 0 Å². The van der Waals surface area contributed by atoms with Crippen molar-refractivity contribution in [2.24, 2.45) is 0 Å². The molecule has 0 saturated carbocycles. The first-order valence-corrected chi connectivity index (χ1v) is 8.02. The number of hydrogen-bond donors (Lipinski definition) is 0. The highest BCUT2D eigenvalue weighted by Gasteiger charge is 2.17. The summed E-state index contributed by atoms with van der Waals surface area (Å²) in [6.45, 7) is 0.378. The molecule has 6 heteroatoms. The van der Waals surface area contributed by atoms with Gasteiger partial charge in [0.25, 0.3) is 5.91 Å².